The van der Waals surface area contributed by atoms with E-state index in [1.54, 1.807) is 28.3 Å². The average molecular weight is 429 g/mol. The predicted molar refractivity (Wildman–Crippen MR) is 122 cm³/mol. The molecule has 1 unspecified atom stereocenters. The van der Waals surface area contributed by atoms with Gasteiger partial charge in [0.25, 0.3) is 5.91 Å². The molecule has 0 saturated carbocycles. The van der Waals surface area contributed by atoms with Gasteiger partial charge in [-0.15, -0.1) is 0 Å². The number of benzene rings is 2. The largest absolute Gasteiger partial charge is 0.497 e. The third-order valence-corrected chi connectivity index (χ3v) is 4.38. The number of aliphatic imine (C=N–C) groups is 1. The maximum Gasteiger partial charge on any atom is 0.259 e. The fourth-order valence-electron chi connectivity index (χ4n) is 2.61. The van der Waals surface area contributed by atoms with E-state index in [9.17, 15) is 4.79 Å². The van der Waals surface area contributed by atoms with Gasteiger partial charge in [-0.3, -0.25) is 9.79 Å². The number of ether oxygens (including phenoxy) is 3. The minimum absolute atomic E-state index is 0.0122. The van der Waals surface area contributed by atoms with Crippen molar-refractivity contribution in [1.29, 1.82) is 0 Å². The number of nitrogens with zero attached hydrogens (tertiary/aromatic N) is 2. The van der Waals surface area contributed by atoms with Crippen LogP contribution in [0.15, 0.2) is 53.5 Å². The van der Waals surface area contributed by atoms with Crippen molar-refractivity contribution in [3.63, 3.8) is 0 Å². The Labute approximate surface area is 184 Å². The monoisotopic (exact) mass is 428 g/mol. The topological polar surface area (TPSA) is 84.4 Å². The van der Waals surface area contributed by atoms with Crippen molar-refractivity contribution in [3.8, 4) is 17.2 Å². The highest BCUT2D eigenvalue weighted by Gasteiger charge is 2.08. The normalized spacial score (nSPS) is 12.0. The second-order valence-electron chi connectivity index (χ2n) is 7.14. The summed E-state index contributed by atoms with van der Waals surface area (Å²) in [6.07, 6.45) is -0.0726. The summed E-state index contributed by atoms with van der Waals surface area (Å²) >= 11 is 0. The minimum Gasteiger partial charge on any atom is -0.497 e. The van der Waals surface area contributed by atoms with Crippen LogP contribution >= 0.6 is 0 Å². The number of carbonyl (C=O) groups is 1. The van der Waals surface area contributed by atoms with E-state index in [-0.39, 0.29) is 18.6 Å². The van der Waals surface area contributed by atoms with E-state index in [1.807, 2.05) is 55.5 Å². The van der Waals surface area contributed by atoms with Crippen molar-refractivity contribution >= 4 is 11.9 Å². The molecular formula is C23H32N4O4. The molecule has 2 rings (SSSR count). The molecule has 0 aliphatic rings. The van der Waals surface area contributed by atoms with Crippen LogP contribution in [0.5, 0.6) is 17.2 Å². The lowest BCUT2D eigenvalue weighted by Crippen LogP contribution is -2.41. The first kappa shape index (κ1) is 23.9. The lowest BCUT2D eigenvalue weighted by atomic mass is 10.2. The zero-order valence-electron chi connectivity index (χ0n) is 18.8. The van der Waals surface area contributed by atoms with Gasteiger partial charge in [0.15, 0.2) is 12.6 Å². The predicted octanol–water partition coefficient (Wildman–Crippen LogP) is 2.29. The summed E-state index contributed by atoms with van der Waals surface area (Å²) in [6, 6.07) is 15.1. The molecule has 0 bridgehead atoms. The average Bonchev–Trinajstić information content (AvgIpc) is 2.77. The third-order valence-electron chi connectivity index (χ3n) is 4.38. The Balaban J connectivity index is 1.80. The Morgan fingerprint density at radius 3 is 2.48 bits per heavy atom. The third kappa shape index (κ3) is 8.46. The van der Waals surface area contributed by atoms with Crippen molar-refractivity contribution < 1.29 is 19.0 Å². The fraction of sp³-hybridized carbons (Fsp3) is 0.391. The summed E-state index contributed by atoms with van der Waals surface area (Å²) in [5.41, 5.74) is 1.01. The molecule has 0 spiro atoms. The quantitative estimate of drug-likeness (QED) is 0.446. The molecular weight excluding hydrogens is 396 g/mol. The number of rotatable bonds is 10. The molecule has 2 aromatic rings. The smallest absolute Gasteiger partial charge is 0.259 e. The van der Waals surface area contributed by atoms with E-state index in [2.05, 4.69) is 15.6 Å². The second kappa shape index (κ2) is 12.3. The Bertz CT molecular complexity index is 870. The van der Waals surface area contributed by atoms with Gasteiger partial charge in [-0.1, -0.05) is 18.2 Å². The Kier molecular flexibility index (Phi) is 9.48. The highest BCUT2D eigenvalue weighted by atomic mass is 16.5. The molecule has 0 heterocycles. The molecule has 1 amide bonds. The van der Waals surface area contributed by atoms with Gasteiger partial charge in [-0.25, -0.2) is 0 Å². The summed E-state index contributed by atoms with van der Waals surface area (Å²) in [5.74, 6) is 2.74. The molecule has 0 saturated heterocycles. The Morgan fingerprint density at radius 2 is 1.77 bits per heavy atom. The van der Waals surface area contributed by atoms with Gasteiger partial charge >= 0.3 is 0 Å². The van der Waals surface area contributed by atoms with Gasteiger partial charge in [0.05, 0.1) is 13.7 Å². The number of methoxy groups -OCH3 is 1. The molecule has 0 aliphatic carbocycles. The van der Waals surface area contributed by atoms with Crippen LogP contribution < -0.4 is 24.8 Å². The molecule has 8 nitrogen and oxygen atoms in total. The van der Waals surface area contributed by atoms with Crippen molar-refractivity contribution in [2.24, 2.45) is 4.99 Å². The maximum absolute atomic E-state index is 11.7. The number of hydrogen-bond acceptors (Lipinski definition) is 5. The van der Waals surface area contributed by atoms with Gasteiger partial charge < -0.3 is 29.7 Å². The molecule has 2 N–H and O–H groups in total. The second-order valence-corrected chi connectivity index (χ2v) is 7.14. The molecule has 0 radical (unpaired) electrons. The van der Waals surface area contributed by atoms with Crippen LogP contribution in [0.2, 0.25) is 0 Å². The van der Waals surface area contributed by atoms with Gasteiger partial charge in [0.1, 0.15) is 23.4 Å². The SMILES string of the molecule is CN=C(NCc1cccc(OCC(=O)N(C)C)c1)NCC(C)Oc1cccc(OC)c1. The zero-order valence-corrected chi connectivity index (χ0v) is 18.8. The minimum atomic E-state index is -0.0848. The van der Waals surface area contributed by atoms with Crippen LogP contribution in [-0.4, -0.2) is 64.3 Å². The fourth-order valence-corrected chi connectivity index (χ4v) is 2.61. The van der Waals surface area contributed by atoms with E-state index in [0.717, 1.165) is 17.1 Å². The zero-order chi connectivity index (χ0) is 22.6. The molecule has 0 aromatic heterocycles. The molecule has 168 valence electrons. The van der Waals surface area contributed by atoms with E-state index in [4.69, 9.17) is 14.2 Å². The molecule has 31 heavy (non-hydrogen) atoms. The van der Waals surface area contributed by atoms with Crippen molar-refractivity contribution in [2.75, 3.05) is 41.4 Å². The lowest BCUT2D eigenvalue weighted by molar-refractivity contribution is -0.130. The van der Waals surface area contributed by atoms with Crippen LogP contribution in [0.3, 0.4) is 0 Å². The molecule has 2 aromatic carbocycles. The number of likely N-dealkylation sites (N-methyl/N-ethyl adjacent to an activating group) is 1. The summed E-state index contributed by atoms with van der Waals surface area (Å²) in [7, 11) is 6.75. The Morgan fingerprint density at radius 1 is 1.06 bits per heavy atom. The van der Waals surface area contributed by atoms with Gasteiger partial charge in [-0.2, -0.15) is 0 Å². The van der Waals surface area contributed by atoms with Crippen molar-refractivity contribution in [1.82, 2.24) is 15.5 Å². The van der Waals surface area contributed by atoms with E-state index < -0.39 is 0 Å². The summed E-state index contributed by atoms with van der Waals surface area (Å²) in [4.78, 5) is 17.4. The summed E-state index contributed by atoms with van der Waals surface area (Å²) < 4.78 is 16.7. The summed E-state index contributed by atoms with van der Waals surface area (Å²) in [5, 5.41) is 6.52. The standard InChI is InChI=1S/C23H32N4O4/c1-17(31-21-11-7-9-19(13-21)29-5)14-25-23(24-2)26-15-18-8-6-10-20(12-18)30-16-22(28)27(3)4/h6-13,17H,14-16H2,1-5H3,(H2,24,25,26). The van der Waals surface area contributed by atoms with Gasteiger partial charge in [0.2, 0.25) is 0 Å². The number of nitrogens with one attached hydrogen (secondary N) is 2. The van der Waals surface area contributed by atoms with Gasteiger partial charge in [-0.05, 0) is 36.8 Å². The number of amides is 1. The first-order valence-electron chi connectivity index (χ1n) is 10.1. The number of guanidine groups is 1. The number of carbonyl (C=O) groups excluding carboxylic acids is 1. The Hall–Kier alpha value is -3.42. The van der Waals surface area contributed by atoms with Crippen LogP contribution in [0.25, 0.3) is 0 Å². The van der Waals surface area contributed by atoms with Crippen LogP contribution in [0.1, 0.15) is 12.5 Å². The molecule has 1 atom stereocenters. The summed E-state index contributed by atoms with van der Waals surface area (Å²) in [6.45, 7) is 3.13. The van der Waals surface area contributed by atoms with Gasteiger partial charge in [0, 0.05) is 33.8 Å². The molecule has 0 aliphatic heterocycles. The van der Waals surface area contributed by atoms with Crippen molar-refractivity contribution in [3.05, 3.63) is 54.1 Å². The molecule has 8 heteroatoms. The van der Waals surface area contributed by atoms with Crippen molar-refractivity contribution in [2.45, 2.75) is 19.6 Å². The number of hydrogen-bond donors (Lipinski definition) is 2. The highest BCUT2D eigenvalue weighted by Crippen LogP contribution is 2.19. The maximum atomic E-state index is 11.7. The van der Waals surface area contributed by atoms with E-state index >= 15 is 0 Å². The van der Waals surface area contributed by atoms with E-state index in [0.29, 0.717) is 24.8 Å². The van der Waals surface area contributed by atoms with Crippen LogP contribution in [-0.2, 0) is 11.3 Å². The van der Waals surface area contributed by atoms with Crippen LogP contribution in [0.4, 0.5) is 0 Å². The van der Waals surface area contributed by atoms with E-state index in [1.165, 1.54) is 4.90 Å². The first-order valence-corrected chi connectivity index (χ1v) is 10.1. The highest BCUT2D eigenvalue weighted by molar-refractivity contribution is 5.79. The van der Waals surface area contributed by atoms with Crippen LogP contribution in [0, 0.1) is 0 Å². The molecule has 0 fully saturated rings. The lowest BCUT2D eigenvalue weighted by Gasteiger charge is -2.18. The first-order chi connectivity index (χ1) is 14.9.